The van der Waals surface area contributed by atoms with Crippen molar-refractivity contribution in [3.63, 3.8) is 0 Å². The zero-order valence-electron chi connectivity index (χ0n) is 17.9. The summed E-state index contributed by atoms with van der Waals surface area (Å²) in [5.74, 6) is 2.20. The molecule has 29 heavy (non-hydrogen) atoms. The number of hydrogen-bond donors (Lipinski definition) is 3. The number of nitrogens with zero attached hydrogens (tertiary/aromatic N) is 3. The molecular weight excluding hydrogens is 360 g/mol. The Morgan fingerprint density at radius 3 is 2.52 bits per heavy atom. The summed E-state index contributed by atoms with van der Waals surface area (Å²) in [5.41, 5.74) is 8.88. The second-order valence-corrected chi connectivity index (χ2v) is 7.92. The number of aromatic nitrogens is 3. The first-order valence-corrected chi connectivity index (χ1v) is 10.7. The van der Waals surface area contributed by atoms with E-state index in [1.165, 1.54) is 18.4 Å². The average Bonchev–Trinajstić information content (AvgIpc) is 3.16. The average molecular weight is 395 g/mol. The number of anilines is 2. The normalized spacial score (nSPS) is 12.4. The Labute approximate surface area is 173 Å². The summed E-state index contributed by atoms with van der Waals surface area (Å²) in [6.45, 7) is 8.21. The Bertz CT molecular complexity index is 887. The first-order valence-electron chi connectivity index (χ1n) is 10.7. The van der Waals surface area contributed by atoms with Gasteiger partial charge in [-0.25, -0.2) is 4.98 Å². The van der Waals surface area contributed by atoms with E-state index in [1.807, 2.05) is 16.8 Å². The van der Waals surface area contributed by atoms with Crippen molar-refractivity contribution in [2.45, 2.75) is 58.4 Å². The van der Waals surface area contributed by atoms with Crippen molar-refractivity contribution in [3.8, 4) is 0 Å². The molecule has 0 spiro atoms. The number of fused-ring (bicyclic) bond motifs is 1. The lowest BCUT2D eigenvalue weighted by atomic mass is 10.1. The van der Waals surface area contributed by atoms with Crippen LogP contribution in [0.1, 0.15) is 69.5 Å². The van der Waals surface area contributed by atoms with Crippen molar-refractivity contribution in [2.75, 3.05) is 23.7 Å². The van der Waals surface area contributed by atoms with E-state index in [1.54, 1.807) is 0 Å². The molecule has 0 saturated heterocycles. The van der Waals surface area contributed by atoms with Crippen LogP contribution in [0.15, 0.2) is 42.6 Å². The van der Waals surface area contributed by atoms with Gasteiger partial charge in [-0.1, -0.05) is 57.0 Å². The second kappa shape index (κ2) is 10.3. The summed E-state index contributed by atoms with van der Waals surface area (Å²) in [4.78, 5) is 4.86. The maximum atomic E-state index is 5.57. The lowest BCUT2D eigenvalue weighted by molar-refractivity contribution is 0.661. The lowest BCUT2D eigenvalue weighted by Crippen LogP contribution is -2.13. The van der Waals surface area contributed by atoms with Gasteiger partial charge in [-0.2, -0.15) is 9.61 Å². The molecule has 0 saturated carbocycles. The number of benzene rings is 1. The Hall–Kier alpha value is -2.60. The van der Waals surface area contributed by atoms with Crippen LogP contribution < -0.4 is 16.4 Å². The van der Waals surface area contributed by atoms with Gasteiger partial charge in [0, 0.05) is 24.2 Å². The van der Waals surface area contributed by atoms with E-state index in [2.05, 4.69) is 66.8 Å². The topological polar surface area (TPSA) is 80.3 Å². The minimum Gasteiger partial charge on any atom is -0.370 e. The Morgan fingerprint density at radius 2 is 1.79 bits per heavy atom. The van der Waals surface area contributed by atoms with E-state index in [9.17, 15) is 0 Å². The van der Waals surface area contributed by atoms with Gasteiger partial charge in [0.1, 0.15) is 11.6 Å². The zero-order valence-corrected chi connectivity index (χ0v) is 17.9. The van der Waals surface area contributed by atoms with Gasteiger partial charge in [0.25, 0.3) is 0 Å². The molecule has 0 amide bonds. The molecule has 1 aromatic carbocycles. The molecule has 4 N–H and O–H groups in total. The van der Waals surface area contributed by atoms with Gasteiger partial charge < -0.3 is 16.4 Å². The lowest BCUT2D eigenvalue weighted by Gasteiger charge is -2.18. The highest BCUT2D eigenvalue weighted by molar-refractivity contribution is 5.61. The maximum absolute atomic E-state index is 5.57. The molecule has 0 fully saturated rings. The fraction of sp³-hybridized carbons (Fsp3) is 0.478. The van der Waals surface area contributed by atoms with Crippen LogP contribution in [0.5, 0.6) is 0 Å². The third-order valence-corrected chi connectivity index (χ3v) is 5.22. The highest BCUT2D eigenvalue weighted by atomic mass is 15.3. The van der Waals surface area contributed by atoms with Gasteiger partial charge >= 0.3 is 0 Å². The molecule has 0 aliphatic rings. The SMILES string of the molecule is CC(C)c1cnn2c(N[C@@H](C)c3ccccc3)cc(NCCCCCCN)nc12. The molecule has 0 unspecified atom stereocenters. The van der Waals surface area contributed by atoms with Crippen LogP contribution in [0, 0.1) is 0 Å². The number of rotatable bonds is 11. The van der Waals surface area contributed by atoms with Gasteiger partial charge in [0.15, 0.2) is 5.65 Å². The van der Waals surface area contributed by atoms with Crippen molar-refractivity contribution >= 4 is 17.3 Å². The predicted molar refractivity (Wildman–Crippen MR) is 122 cm³/mol. The maximum Gasteiger partial charge on any atom is 0.163 e. The summed E-state index contributed by atoms with van der Waals surface area (Å²) in [6, 6.07) is 12.7. The van der Waals surface area contributed by atoms with Crippen molar-refractivity contribution in [3.05, 3.63) is 53.7 Å². The fourth-order valence-electron chi connectivity index (χ4n) is 3.47. The largest absolute Gasteiger partial charge is 0.370 e. The van der Waals surface area contributed by atoms with Crippen LogP contribution in [0.3, 0.4) is 0 Å². The Balaban J connectivity index is 1.81. The van der Waals surface area contributed by atoms with Crippen molar-refractivity contribution in [1.29, 1.82) is 0 Å². The smallest absolute Gasteiger partial charge is 0.163 e. The van der Waals surface area contributed by atoms with Crippen molar-refractivity contribution < 1.29 is 0 Å². The van der Waals surface area contributed by atoms with Crippen molar-refractivity contribution in [1.82, 2.24) is 14.6 Å². The van der Waals surface area contributed by atoms with E-state index < -0.39 is 0 Å². The molecule has 3 aromatic rings. The molecule has 3 rings (SSSR count). The molecule has 156 valence electrons. The van der Waals surface area contributed by atoms with Gasteiger partial charge in [0.2, 0.25) is 0 Å². The third kappa shape index (κ3) is 5.48. The highest BCUT2D eigenvalue weighted by Gasteiger charge is 2.15. The summed E-state index contributed by atoms with van der Waals surface area (Å²) < 4.78 is 1.92. The fourth-order valence-corrected chi connectivity index (χ4v) is 3.47. The molecule has 2 aromatic heterocycles. The number of nitrogens with two attached hydrogens (primary N) is 1. The second-order valence-electron chi connectivity index (χ2n) is 7.92. The Morgan fingerprint density at radius 1 is 1.03 bits per heavy atom. The van der Waals surface area contributed by atoms with E-state index in [0.29, 0.717) is 5.92 Å². The van der Waals surface area contributed by atoms with Crippen LogP contribution in [0.25, 0.3) is 5.65 Å². The van der Waals surface area contributed by atoms with Gasteiger partial charge in [0.05, 0.1) is 6.20 Å². The van der Waals surface area contributed by atoms with Gasteiger partial charge in [-0.05, 0) is 37.8 Å². The van der Waals surface area contributed by atoms with Crippen molar-refractivity contribution in [2.24, 2.45) is 5.73 Å². The van der Waals surface area contributed by atoms with E-state index >= 15 is 0 Å². The first-order chi connectivity index (χ1) is 14.1. The molecule has 0 bridgehead atoms. The molecule has 1 atom stereocenters. The van der Waals surface area contributed by atoms with Crippen LogP contribution >= 0.6 is 0 Å². The molecule has 6 heteroatoms. The molecular formula is C23H34N6. The monoisotopic (exact) mass is 394 g/mol. The summed E-state index contributed by atoms with van der Waals surface area (Å²) >= 11 is 0. The third-order valence-electron chi connectivity index (χ3n) is 5.22. The molecule has 0 radical (unpaired) electrons. The van der Waals surface area contributed by atoms with Crippen LogP contribution in [-0.2, 0) is 0 Å². The standard InChI is InChI=1S/C23H34N6/c1-17(2)20-16-26-29-22(27-18(3)19-11-7-6-8-12-19)15-21(28-23(20)29)25-14-10-5-4-9-13-24/h6-8,11-12,15-18,27H,4-5,9-10,13-14,24H2,1-3H3,(H,25,28)/t18-/m0/s1. The molecule has 6 nitrogen and oxygen atoms in total. The molecule has 2 heterocycles. The Kier molecular flexibility index (Phi) is 7.47. The van der Waals surface area contributed by atoms with Crippen LogP contribution in [-0.4, -0.2) is 27.7 Å². The van der Waals surface area contributed by atoms with E-state index in [-0.39, 0.29) is 6.04 Å². The number of nitrogens with one attached hydrogen (secondary N) is 2. The number of hydrogen-bond acceptors (Lipinski definition) is 5. The summed E-state index contributed by atoms with van der Waals surface area (Å²) in [5, 5.41) is 11.7. The minimum absolute atomic E-state index is 0.164. The quantitative estimate of drug-likeness (QED) is 0.401. The number of unbranched alkanes of at least 4 members (excludes halogenated alkanes) is 3. The van der Waals surface area contributed by atoms with Crippen LogP contribution in [0.2, 0.25) is 0 Å². The van der Waals surface area contributed by atoms with Crippen LogP contribution in [0.4, 0.5) is 11.6 Å². The first kappa shape index (κ1) is 21.1. The van der Waals surface area contributed by atoms with E-state index in [0.717, 1.165) is 48.8 Å². The minimum atomic E-state index is 0.164. The predicted octanol–water partition coefficient (Wildman–Crippen LogP) is 4.96. The molecule has 0 aliphatic carbocycles. The summed E-state index contributed by atoms with van der Waals surface area (Å²) in [7, 11) is 0. The van der Waals surface area contributed by atoms with Gasteiger partial charge in [-0.15, -0.1) is 0 Å². The highest BCUT2D eigenvalue weighted by Crippen LogP contribution is 2.26. The summed E-state index contributed by atoms with van der Waals surface area (Å²) in [6.07, 6.45) is 6.52. The van der Waals surface area contributed by atoms with Gasteiger partial charge in [-0.3, -0.25) is 0 Å². The molecule has 0 aliphatic heterocycles. The zero-order chi connectivity index (χ0) is 20.6. The van der Waals surface area contributed by atoms with E-state index in [4.69, 9.17) is 10.7 Å².